The molecule has 4 aromatic rings. The first-order valence-corrected chi connectivity index (χ1v) is 13.5. The number of aliphatic hydroxyl groups excluding tert-OH is 4. The Bertz CT molecular complexity index is 1620. The number of ether oxygens (including phenoxy) is 2. The van der Waals surface area contributed by atoms with E-state index in [-0.39, 0.29) is 22.3 Å². The topological polar surface area (TPSA) is 282 Å². The fraction of sp³-hybridized carbons (Fsp3) is 0.500. The SMILES string of the molecule is O=c1[nH]cnc2c1ncn2[C@@H]1O[C@H](COP(=O)(O)OC[C@H]2O[C@@H](n3cnc4c(=O)[nH]cnc43)C(O)C2O)C(O)C1O. The molecule has 6 rings (SSSR count). The van der Waals surface area contributed by atoms with Crippen LogP contribution in [0.1, 0.15) is 12.5 Å². The maximum absolute atomic E-state index is 12.5. The first kappa shape index (κ1) is 27.7. The number of imidazole rings is 2. The Hall–Kier alpha value is -3.43. The van der Waals surface area contributed by atoms with Crippen LogP contribution in [0.25, 0.3) is 22.3 Å². The number of phosphoric acid groups is 1. The summed E-state index contributed by atoms with van der Waals surface area (Å²) in [6.07, 6.45) is -6.68. The van der Waals surface area contributed by atoms with Crippen molar-refractivity contribution in [1.29, 1.82) is 0 Å². The van der Waals surface area contributed by atoms with Crippen molar-refractivity contribution in [3.8, 4) is 0 Å². The van der Waals surface area contributed by atoms with Crippen molar-refractivity contribution in [3.63, 3.8) is 0 Å². The molecule has 0 radical (unpaired) electrons. The van der Waals surface area contributed by atoms with E-state index < -0.39 is 81.2 Å². The molecule has 0 bridgehead atoms. The lowest BCUT2D eigenvalue weighted by Gasteiger charge is -2.20. The predicted octanol–water partition coefficient (Wildman–Crippen LogP) is -3.38. The summed E-state index contributed by atoms with van der Waals surface area (Å²) in [4.78, 5) is 54.5. The average molecular weight is 598 g/mol. The smallest absolute Gasteiger partial charge is 0.387 e. The van der Waals surface area contributed by atoms with Gasteiger partial charge in [-0.3, -0.25) is 27.8 Å². The van der Waals surface area contributed by atoms with Crippen LogP contribution in [0.5, 0.6) is 0 Å². The fourth-order valence-corrected chi connectivity index (χ4v) is 5.41. The Labute approximate surface area is 226 Å². The minimum Gasteiger partial charge on any atom is -0.387 e. The number of fused-ring (bicyclic) bond motifs is 2. The van der Waals surface area contributed by atoms with Gasteiger partial charge in [0.05, 0.1) is 38.5 Å². The molecule has 0 saturated carbocycles. The summed E-state index contributed by atoms with van der Waals surface area (Å²) >= 11 is 0. The van der Waals surface area contributed by atoms with Gasteiger partial charge in [0.1, 0.15) is 36.6 Å². The molecule has 2 aliphatic heterocycles. The number of aromatic nitrogens is 8. The summed E-state index contributed by atoms with van der Waals surface area (Å²) in [5.41, 5.74) is -0.962. The van der Waals surface area contributed by atoms with E-state index in [4.69, 9.17) is 18.5 Å². The monoisotopic (exact) mass is 598 g/mol. The second kappa shape index (κ2) is 10.4. The molecule has 2 fully saturated rings. The van der Waals surface area contributed by atoms with E-state index in [1.807, 2.05) is 0 Å². The van der Waals surface area contributed by atoms with Gasteiger partial charge in [0.25, 0.3) is 11.1 Å². The molecule has 21 heteroatoms. The number of aliphatic hydroxyl groups is 4. The molecule has 4 aromatic heterocycles. The van der Waals surface area contributed by atoms with E-state index in [1.54, 1.807) is 0 Å². The number of phosphoric ester groups is 1. The van der Waals surface area contributed by atoms with Crippen molar-refractivity contribution < 1.29 is 48.4 Å². The van der Waals surface area contributed by atoms with Crippen molar-refractivity contribution in [2.45, 2.75) is 49.1 Å². The van der Waals surface area contributed by atoms with Gasteiger partial charge in [-0.25, -0.2) is 24.5 Å². The molecule has 0 aliphatic carbocycles. The van der Waals surface area contributed by atoms with Crippen molar-refractivity contribution in [2.24, 2.45) is 0 Å². The molecule has 20 nitrogen and oxygen atoms in total. The van der Waals surface area contributed by atoms with Crippen LogP contribution < -0.4 is 11.1 Å². The number of nitrogens with one attached hydrogen (secondary N) is 2. The normalized spacial score (nSPS) is 31.7. The highest BCUT2D eigenvalue weighted by atomic mass is 31.2. The molecule has 41 heavy (non-hydrogen) atoms. The van der Waals surface area contributed by atoms with E-state index in [9.17, 15) is 39.5 Å². The molecule has 4 unspecified atom stereocenters. The largest absolute Gasteiger partial charge is 0.472 e. The third-order valence-electron chi connectivity index (χ3n) is 6.76. The number of nitrogens with zero attached hydrogens (tertiary/aromatic N) is 6. The summed E-state index contributed by atoms with van der Waals surface area (Å²) in [5, 5.41) is 41.8. The van der Waals surface area contributed by atoms with Crippen LogP contribution in [0.15, 0.2) is 34.9 Å². The van der Waals surface area contributed by atoms with Crippen molar-refractivity contribution in [1.82, 2.24) is 39.0 Å². The lowest BCUT2D eigenvalue weighted by Crippen LogP contribution is -2.34. The van der Waals surface area contributed by atoms with Crippen molar-refractivity contribution in [2.75, 3.05) is 13.2 Å². The molecule has 2 aliphatic rings. The van der Waals surface area contributed by atoms with Crippen LogP contribution in [0.2, 0.25) is 0 Å². The average Bonchev–Trinajstić information content (AvgIpc) is 3.70. The maximum atomic E-state index is 12.5. The van der Waals surface area contributed by atoms with Crippen molar-refractivity contribution in [3.05, 3.63) is 46.0 Å². The van der Waals surface area contributed by atoms with E-state index in [1.165, 1.54) is 21.8 Å². The van der Waals surface area contributed by atoms with Gasteiger partial charge >= 0.3 is 7.82 Å². The van der Waals surface area contributed by atoms with Gasteiger partial charge in [0.15, 0.2) is 34.8 Å². The van der Waals surface area contributed by atoms with Gasteiger partial charge in [-0.15, -0.1) is 0 Å². The predicted molar refractivity (Wildman–Crippen MR) is 130 cm³/mol. The summed E-state index contributed by atoms with van der Waals surface area (Å²) in [5.74, 6) is 0. The molecule has 2 saturated heterocycles. The van der Waals surface area contributed by atoms with Gasteiger partial charge in [-0.2, -0.15) is 0 Å². The van der Waals surface area contributed by atoms with E-state index in [2.05, 4.69) is 29.9 Å². The molecule has 8 atom stereocenters. The molecular weight excluding hydrogens is 575 g/mol. The Morgan fingerprint density at radius 1 is 0.756 bits per heavy atom. The minimum absolute atomic E-state index is 0.0272. The Morgan fingerprint density at radius 3 is 1.59 bits per heavy atom. The van der Waals surface area contributed by atoms with E-state index >= 15 is 0 Å². The quantitative estimate of drug-likeness (QED) is 0.0974. The summed E-state index contributed by atoms with van der Waals surface area (Å²) in [6.45, 7) is -1.41. The number of hydrogen-bond donors (Lipinski definition) is 7. The molecule has 220 valence electrons. The Kier molecular flexibility index (Phi) is 7.06. The maximum Gasteiger partial charge on any atom is 0.472 e. The first-order valence-electron chi connectivity index (χ1n) is 12.0. The van der Waals surface area contributed by atoms with Gasteiger partial charge < -0.3 is 44.8 Å². The summed E-state index contributed by atoms with van der Waals surface area (Å²) < 4.78 is 36.1. The highest BCUT2D eigenvalue weighted by Gasteiger charge is 2.47. The molecule has 0 aromatic carbocycles. The third-order valence-corrected chi connectivity index (χ3v) is 7.71. The van der Waals surface area contributed by atoms with Gasteiger partial charge in [0, 0.05) is 0 Å². The third kappa shape index (κ3) is 4.89. The molecule has 0 spiro atoms. The van der Waals surface area contributed by atoms with Crippen LogP contribution in [0.3, 0.4) is 0 Å². The Balaban J connectivity index is 1.07. The van der Waals surface area contributed by atoms with Gasteiger partial charge in [-0.05, 0) is 0 Å². The first-order chi connectivity index (χ1) is 19.6. The standard InChI is InChI=1S/C20H23N8O12P/c29-11-7(39-19(13(11)31)27-5-25-9-15(27)21-3-23-17(9)33)1-37-41(35,36)38-2-8-12(30)14(32)20(40-8)28-6-26-10-16(28)22-4-24-18(10)34/h3-8,11-14,19-20,29-32H,1-2H2,(H,35,36)(H,21,23,33)(H,22,24,34)/t7-,8-,11?,12?,13?,14?,19-,20-/m1/s1. The van der Waals surface area contributed by atoms with Crippen LogP contribution in [0, 0.1) is 0 Å². The molecular formula is C20H23N8O12P. The minimum atomic E-state index is -4.84. The van der Waals surface area contributed by atoms with Crippen LogP contribution in [0.4, 0.5) is 0 Å². The number of rotatable bonds is 8. The van der Waals surface area contributed by atoms with Crippen LogP contribution in [-0.4, -0.2) is 114 Å². The number of H-pyrrole nitrogens is 2. The zero-order valence-corrected chi connectivity index (χ0v) is 21.5. The zero-order valence-electron chi connectivity index (χ0n) is 20.6. The number of hydrogen-bond acceptors (Lipinski definition) is 15. The van der Waals surface area contributed by atoms with Crippen molar-refractivity contribution >= 4 is 30.2 Å². The fourth-order valence-electron chi connectivity index (χ4n) is 4.66. The second-order valence-corrected chi connectivity index (χ2v) is 10.7. The highest BCUT2D eigenvalue weighted by molar-refractivity contribution is 7.47. The summed E-state index contributed by atoms with van der Waals surface area (Å²) in [6, 6.07) is 0. The van der Waals surface area contributed by atoms with Crippen LogP contribution >= 0.6 is 7.82 Å². The molecule has 6 heterocycles. The zero-order chi connectivity index (χ0) is 29.1. The van der Waals surface area contributed by atoms with E-state index in [0.717, 1.165) is 12.7 Å². The van der Waals surface area contributed by atoms with Gasteiger partial charge in [-0.1, -0.05) is 0 Å². The Morgan fingerprint density at radius 2 is 1.17 bits per heavy atom. The second-order valence-electron chi connectivity index (χ2n) is 9.26. The van der Waals surface area contributed by atoms with Gasteiger partial charge in [0.2, 0.25) is 0 Å². The number of aromatic amines is 2. The summed E-state index contributed by atoms with van der Waals surface area (Å²) in [7, 11) is -4.84. The molecule has 7 N–H and O–H groups in total. The lowest BCUT2D eigenvalue weighted by atomic mass is 10.1. The highest BCUT2D eigenvalue weighted by Crippen LogP contribution is 2.45. The van der Waals surface area contributed by atoms with Crippen LogP contribution in [-0.2, 0) is 23.1 Å². The molecule has 0 amide bonds. The van der Waals surface area contributed by atoms with E-state index in [0.29, 0.717) is 0 Å². The lowest BCUT2D eigenvalue weighted by molar-refractivity contribution is -0.0608.